The van der Waals surface area contributed by atoms with Crippen LogP contribution in [-0.4, -0.2) is 35.9 Å². The number of nitrogens with zero attached hydrogens (tertiary/aromatic N) is 1. The van der Waals surface area contributed by atoms with Crippen molar-refractivity contribution in [2.45, 2.75) is 39.8 Å². The molecule has 0 saturated carbocycles. The number of carbonyl (C=O) groups excluding carboxylic acids is 2. The molecule has 3 aromatic carbocycles. The van der Waals surface area contributed by atoms with Gasteiger partial charge in [-0.25, -0.2) is 4.39 Å². The predicted molar refractivity (Wildman–Crippen MR) is 136 cm³/mol. The van der Waals surface area contributed by atoms with Gasteiger partial charge in [-0.1, -0.05) is 63.2 Å². The van der Waals surface area contributed by atoms with Gasteiger partial charge in [-0.3, -0.25) is 9.59 Å². The molecule has 0 unspecified atom stereocenters. The first-order valence-electron chi connectivity index (χ1n) is 11.4. The van der Waals surface area contributed by atoms with Crippen LogP contribution in [0, 0.1) is 11.7 Å². The van der Waals surface area contributed by atoms with E-state index in [0.29, 0.717) is 18.7 Å². The summed E-state index contributed by atoms with van der Waals surface area (Å²) in [7, 11) is 0. The van der Waals surface area contributed by atoms with Crippen LogP contribution >= 0.6 is 15.9 Å². The van der Waals surface area contributed by atoms with Crippen molar-refractivity contribution < 1.29 is 18.7 Å². The van der Waals surface area contributed by atoms with Gasteiger partial charge in [0.05, 0.1) is 4.47 Å². The van der Waals surface area contributed by atoms with E-state index in [9.17, 15) is 14.0 Å². The Balaban J connectivity index is 1.81. The summed E-state index contributed by atoms with van der Waals surface area (Å²) in [6, 6.07) is 16.9. The van der Waals surface area contributed by atoms with Crippen molar-refractivity contribution >= 4 is 38.5 Å². The molecule has 2 amide bonds. The van der Waals surface area contributed by atoms with E-state index in [1.54, 1.807) is 12.1 Å². The highest BCUT2D eigenvalue weighted by Gasteiger charge is 2.29. The van der Waals surface area contributed by atoms with Crippen LogP contribution in [0.25, 0.3) is 10.8 Å². The van der Waals surface area contributed by atoms with Crippen LogP contribution in [0.4, 0.5) is 4.39 Å². The van der Waals surface area contributed by atoms with Gasteiger partial charge in [0.1, 0.15) is 17.6 Å². The summed E-state index contributed by atoms with van der Waals surface area (Å²) in [6.07, 6.45) is 0.441. The average Bonchev–Trinajstić information content (AvgIpc) is 2.83. The van der Waals surface area contributed by atoms with E-state index in [2.05, 4.69) is 21.2 Å². The highest BCUT2D eigenvalue weighted by atomic mass is 79.9. The Morgan fingerprint density at radius 2 is 1.76 bits per heavy atom. The molecule has 1 atom stereocenters. The second-order valence-electron chi connectivity index (χ2n) is 8.60. The topological polar surface area (TPSA) is 58.6 Å². The molecule has 0 saturated heterocycles. The molecule has 3 rings (SSSR count). The molecule has 7 heteroatoms. The summed E-state index contributed by atoms with van der Waals surface area (Å²) >= 11 is 3.58. The van der Waals surface area contributed by atoms with E-state index in [4.69, 9.17) is 4.74 Å². The SMILES string of the molecule is CC[C@@H](C(=O)NCC(C)C)N(Cc1ccc(F)cc1)C(=O)COc1ccc2ccccc2c1Br. The number of amides is 2. The molecule has 180 valence electrons. The molecule has 3 aromatic rings. The Morgan fingerprint density at radius 3 is 2.44 bits per heavy atom. The average molecular weight is 529 g/mol. The van der Waals surface area contributed by atoms with E-state index in [-0.39, 0.29) is 36.7 Å². The van der Waals surface area contributed by atoms with Gasteiger partial charge in [0.25, 0.3) is 5.91 Å². The molecule has 0 radical (unpaired) electrons. The summed E-state index contributed by atoms with van der Waals surface area (Å²) in [5, 5.41) is 4.96. The zero-order valence-electron chi connectivity index (χ0n) is 19.7. The van der Waals surface area contributed by atoms with Gasteiger partial charge < -0.3 is 15.0 Å². The maximum atomic E-state index is 13.4. The monoisotopic (exact) mass is 528 g/mol. The lowest BCUT2D eigenvalue weighted by Crippen LogP contribution is -2.50. The van der Waals surface area contributed by atoms with E-state index in [1.807, 2.05) is 57.2 Å². The molecule has 0 heterocycles. The molecular weight excluding hydrogens is 499 g/mol. The Labute approximate surface area is 208 Å². The lowest BCUT2D eigenvalue weighted by Gasteiger charge is -2.31. The zero-order valence-corrected chi connectivity index (χ0v) is 21.3. The van der Waals surface area contributed by atoms with Crippen LogP contribution in [0.2, 0.25) is 0 Å². The van der Waals surface area contributed by atoms with Crippen LogP contribution in [0.5, 0.6) is 5.75 Å². The number of carbonyl (C=O) groups is 2. The fraction of sp³-hybridized carbons (Fsp3) is 0.333. The molecule has 5 nitrogen and oxygen atoms in total. The molecule has 0 aromatic heterocycles. The van der Waals surface area contributed by atoms with Crippen molar-refractivity contribution in [2.75, 3.05) is 13.2 Å². The third-order valence-corrected chi connectivity index (χ3v) is 6.33. The second-order valence-corrected chi connectivity index (χ2v) is 9.39. The number of benzene rings is 3. The first-order valence-corrected chi connectivity index (χ1v) is 12.2. The highest BCUT2D eigenvalue weighted by Crippen LogP contribution is 2.33. The van der Waals surface area contributed by atoms with E-state index >= 15 is 0 Å². The summed E-state index contributed by atoms with van der Waals surface area (Å²) in [4.78, 5) is 27.8. The summed E-state index contributed by atoms with van der Waals surface area (Å²) in [5.41, 5.74) is 0.733. The number of rotatable bonds is 10. The van der Waals surface area contributed by atoms with Crippen molar-refractivity contribution in [3.63, 3.8) is 0 Å². The van der Waals surface area contributed by atoms with Crippen LogP contribution in [0.15, 0.2) is 65.1 Å². The van der Waals surface area contributed by atoms with Crippen molar-refractivity contribution in [2.24, 2.45) is 5.92 Å². The number of hydrogen-bond acceptors (Lipinski definition) is 3. The zero-order chi connectivity index (χ0) is 24.7. The number of hydrogen-bond donors (Lipinski definition) is 1. The largest absolute Gasteiger partial charge is 0.483 e. The molecule has 0 aliphatic carbocycles. The third kappa shape index (κ3) is 6.56. The third-order valence-electron chi connectivity index (χ3n) is 5.52. The van der Waals surface area contributed by atoms with Gasteiger partial charge in [0, 0.05) is 13.1 Å². The van der Waals surface area contributed by atoms with Crippen molar-refractivity contribution in [3.05, 3.63) is 76.5 Å². The Bertz CT molecular complexity index is 1130. The number of nitrogens with one attached hydrogen (secondary N) is 1. The van der Waals surface area contributed by atoms with Gasteiger partial charge in [-0.2, -0.15) is 0 Å². The molecule has 0 bridgehead atoms. The van der Waals surface area contributed by atoms with Gasteiger partial charge in [0.2, 0.25) is 5.91 Å². The first-order chi connectivity index (χ1) is 16.3. The summed E-state index contributed by atoms with van der Waals surface area (Å²) in [5.74, 6) is -0.0512. The van der Waals surface area contributed by atoms with Crippen LogP contribution in [0.1, 0.15) is 32.8 Å². The van der Waals surface area contributed by atoms with Crippen molar-refractivity contribution in [3.8, 4) is 5.75 Å². The second kappa shape index (κ2) is 12.0. The van der Waals surface area contributed by atoms with Gasteiger partial charge in [-0.15, -0.1) is 0 Å². The molecule has 0 fully saturated rings. The Morgan fingerprint density at radius 1 is 1.06 bits per heavy atom. The maximum absolute atomic E-state index is 13.4. The number of ether oxygens (including phenoxy) is 1. The molecule has 0 aliphatic heterocycles. The van der Waals surface area contributed by atoms with Crippen LogP contribution < -0.4 is 10.1 Å². The first kappa shape index (κ1) is 25.7. The van der Waals surface area contributed by atoms with Crippen molar-refractivity contribution in [1.29, 1.82) is 0 Å². The lowest BCUT2D eigenvalue weighted by molar-refractivity contribution is -0.143. The van der Waals surface area contributed by atoms with Gasteiger partial charge in [0.15, 0.2) is 6.61 Å². The van der Waals surface area contributed by atoms with Crippen molar-refractivity contribution in [1.82, 2.24) is 10.2 Å². The molecule has 1 N–H and O–H groups in total. The number of fused-ring (bicyclic) bond motifs is 1. The Kier molecular flexibility index (Phi) is 9.05. The normalized spacial score (nSPS) is 11.9. The van der Waals surface area contributed by atoms with E-state index in [0.717, 1.165) is 20.8 Å². The van der Waals surface area contributed by atoms with E-state index < -0.39 is 6.04 Å². The Hall–Kier alpha value is -2.93. The summed E-state index contributed by atoms with van der Waals surface area (Å²) in [6.45, 7) is 6.36. The van der Waals surface area contributed by atoms with Gasteiger partial charge >= 0.3 is 0 Å². The molecule has 0 aliphatic rings. The molecular formula is C27H30BrFN2O3. The minimum Gasteiger partial charge on any atom is -0.483 e. The fourth-order valence-electron chi connectivity index (χ4n) is 3.68. The highest BCUT2D eigenvalue weighted by molar-refractivity contribution is 9.10. The maximum Gasteiger partial charge on any atom is 0.261 e. The summed E-state index contributed by atoms with van der Waals surface area (Å²) < 4.78 is 20.1. The quantitative estimate of drug-likeness (QED) is 0.367. The number of halogens is 2. The van der Waals surface area contributed by atoms with E-state index in [1.165, 1.54) is 17.0 Å². The minimum absolute atomic E-state index is 0.176. The van der Waals surface area contributed by atoms with Crippen LogP contribution in [0.3, 0.4) is 0 Å². The standard InChI is InChI=1S/C27H30BrFN2O3/c1-4-23(27(33)30-15-18(2)3)31(16-19-9-12-21(29)13-10-19)25(32)17-34-24-14-11-20-7-5-6-8-22(20)26(24)28/h5-14,18,23H,4,15-17H2,1-3H3,(H,30,33)/t23-/m0/s1. The minimum atomic E-state index is -0.667. The molecule has 34 heavy (non-hydrogen) atoms. The smallest absolute Gasteiger partial charge is 0.261 e. The fourth-order valence-corrected chi connectivity index (χ4v) is 4.28. The lowest BCUT2D eigenvalue weighted by atomic mass is 10.1. The molecule has 0 spiro atoms. The van der Waals surface area contributed by atoms with Crippen LogP contribution in [-0.2, 0) is 16.1 Å². The van der Waals surface area contributed by atoms with Gasteiger partial charge in [-0.05, 0) is 62.8 Å². The predicted octanol–water partition coefficient (Wildman–Crippen LogP) is 5.70.